The fraction of sp³-hybridized carbons (Fsp3) is 0.214. The number of hydrogen-bond donors (Lipinski definition) is 0. The number of ether oxygens (including phenoxy) is 1. The number of amides is 1. The first-order valence-electron chi connectivity index (χ1n) is 11.6. The average molecular weight is 465 g/mol. The number of fused-ring (bicyclic) bond motifs is 1. The number of hydrogen-bond acceptors (Lipinski definition) is 5. The van der Waals surface area contributed by atoms with Crippen LogP contribution < -0.4 is 15.2 Å². The smallest absolute Gasteiger partial charge is 0.272 e. The molecule has 1 atom stereocenters. The standard InChI is InChI=1S/C28H24N4O3/c1-16-14-19-12-13-31-25(19)20(15-16)24(18-8-5-4-6-9-18)30-26(28(31)34)32-17(2)29-21-10-7-11-22(35-3)23(21)27(32)33/h4-11,14-15,26H,12-13H2,1-3H3. The minimum Gasteiger partial charge on any atom is -0.496 e. The number of aryl methyl sites for hydroxylation is 2. The molecule has 6 rings (SSSR count). The summed E-state index contributed by atoms with van der Waals surface area (Å²) in [5.74, 6) is 0.609. The van der Waals surface area contributed by atoms with Crippen LogP contribution in [0.2, 0.25) is 0 Å². The Morgan fingerprint density at radius 2 is 1.80 bits per heavy atom. The summed E-state index contributed by atoms with van der Waals surface area (Å²) >= 11 is 0. The summed E-state index contributed by atoms with van der Waals surface area (Å²) < 4.78 is 6.87. The Kier molecular flexibility index (Phi) is 4.81. The van der Waals surface area contributed by atoms with Crippen molar-refractivity contribution in [1.82, 2.24) is 9.55 Å². The summed E-state index contributed by atoms with van der Waals surface area (Å²) in [5.41, 5.74) is 5.81. The van der Waals surface area contributed by atoms with Gasteiger partial charge in [-0.25, -0.2) is 9.98 Å². The van der Waals surface area contributed by atoms with Crippen LogP contribution in [0.25, 0.3) is 10.9 Å². The van der Waals surface area contributed by atoms with Crippen LogP contribution in [-0.2, 0) is 11.2 Å². The topological polar surface area (TPSA) is 76.8 Å². The molecule has 2 aliphatic heterocycles. The first-order chi connectivity index (χ1) is 17.0. The lowest BCUT2D eigenvalue weighted by molar-refractivity contribution is -0.121. The number of carbonyl (C=O) groups excluding carboxylic acids is 1. The van der Waals surface area contributed by atoms with Crippen molar-refractivity contribution in [1.29, 1.82) is 0 Å². The third kappa shape index (κ3) is 3.19. The minimum atomic E-state index is -1.09. The van der Waals surface area contributed by atoms with E-state index < -0.39 is 6.17 Å². The van der Waals surface area contributed by atoms with Crippen molar-refractivity contribution in [2.45, 2.75) is 26.4 Å². The Morgan fingerprint density at radius 1 is 1.00 bits per heavy atom. The van der Waals surface area contributed by atoms with Gasteiger partial charge in [0, 0.05) is 17.7 Å². The Morgan fingerprint density at radius 3 is 2.57 bits per heavy atom. The predicted molar refractivity (Wildman–Crippen MR) is 136 cm³/mol. The molecule has 0 bridgehead atoms. The quantitative estimate of drug-likeness (QED) is 0.460. The van der Waals surface area contributed by atoms with E-state index in [9.17, 15) is 9.59 Å². The van der Waals surface area contributed by atoms with Gasteiger partial charge in [-0.3, -0.25) is 14.2 Å². The highest BCUT2D eigenvalue weighted by molar-refractivity contribution is 6.20. The lowest BCUT2D eigenvalue weighted by Crippen LogP contribution is -2.39. The van der Waals surface area contributed by atoms with Crippen LogP contribution in [-0.4, -0.2) is 34.8 Å². The maximum atomic E-state index is 14.0. The molecule has 0 fully saturated rings. The van der Waals surface area contributed by atoms with Gasteiger partial charge in [-0.05, 0) is 44.0 Å². The zero-order valence-electron chi connectivity index (χ0n) is 19.8. The maximum absolute atomic E-state index is 14.0. The van der Waals surface area contributed by atoms with Gasteiger partial charge in [0.05, 0.1) is 24.0 Å². The van der Waals surface area contributed by atoms with E-state index in [1.54, 1.807) is 30.0 Å². The second-order valence-corrected chi connectivity index (χ2v) is 8.97. The van der Waals surface area contributed by atoms with Crippen LogP contribution in [0, 0.1) is 13.8 Å². The van der Waals surface area contributed by atoms with E-state index in [-0.39, 0.29) is 11.5 Å². The Bertz CT molecular complexity index is 1600. The number of aliphatic imine (C=N–C) groups is 1. The van der Waals surface area contributed by atoms with Gasteiger partial charge >= 0.3 is 0 Å². The van der Waals surface area contributed by atoms with Crippen LogP contribution in [0.3, 0.4) is 0 Å². The van der Waals surface area contributed by atoms with Gasteiger partial charge < -0.3 is 9.64 Å². The van der Waals surface area contributed by atoms with E-state index >= 15 is 0 Å². The van der Waals surface area contributed by atoms with Crippen LogP contribution in [0.5, 0.6) is 5.75 Å². The zero-order chi connectivity index (χ0) is 24.3. The van der Waals surface area contributed by atoms with E-state index in [1.807, 2.05) is 30.3 Å². The predicted octanol–water partition coefficient (Wildman–Crippen LogP) is 3.96. The number of rotatable bonds is 3. The second-order valence-electron chi connectivity index (χ2n) is 8.97. The molecule has 3 aromatic carbocycles. The molecule has 7 nitrogen and oxygen atoms in total. The summed E-state index contributed by atoms with van der Waals surface area (Å²) in [7, 11) is 1.52. The first-order valence-corrected chi connectivity index (χ1v) is 11.6. The van der Waals surface area contributed by atoms with E-state index in [0.717, 1.165) is 34.4 Å². The molecular weight excluding hydrogens is 440 g/mol. The SMILES string of the molecule is COc1cccc2nc(C)n(C3N=C(c4ccccc4)c4cc(C)cc5c4N(CC5)C3=O)c(=O)c12. The molecular formula is C28H24N4O3. The van der Waals surface area contributed by atoms with Crippen molar-refractivity contribution >= 4 is 28.2 Å². The molecule has 3 heterocycles. The second kappa shape index (κ2) is 7.91. The number of carbonyl (C=O) groups is 1. The molecule has 1 aromatic heterocycles. The van der Waals surface area contributed by atoms with Gasteiger partial charge in [-0.2, -0.15) is 0 Å². The molecule has 0 N–H and O–H groups in total. The first kappa shape index (κ1) is 21.3. The molecule has 4 aromatic rings. The van der Waals surface area contributed by atoms with Gasteiger partial charge in [0.15, 0.2) is 0 Å². The van der Waals surface area contributed by atoms with Gasteiger partial charge in [-0.1, -0.05) is 48.0 Å². The molecule has 0 saturated carbocycles. The van der Waals surface area contributed by atoms with E-state index in [4.69, 9.17) is 9.73 Å². The molecule has 7 heteroatoms. The molecule has 2 aliphatic rings. The highest BCUT2D eigenvalue weighted by Gasteiger charge is 2.38. The number of methoxy groups -OCH3 is 1. The summed E-state index contributed by atoms with van der Waals surface area (Å²) in [6.07, 6.45) is -0.319. The number of aromatic nitrogens is 2. The highest BCUT2D eigenvalue weighted by atomic mass is 16.5. The Labute approximate surface area is 202 Å². The summed E-state index contributed by atoms with van der Waals surface area (Å²) in [4.78, 5) is 39.3. The lowest BCUT2D eigenvalue weighted by atomic mass is 9.96. The van der Waals surface area contributed by atoms with Crippen LogP contribution in [0.4, 0.5) is 5.69 Å². The van der Waals surface area contributed by atoms with Crippen molar-refractivity contribution in [2.75, 3.05) is 18.6 Å². The van der Waals surface area contributed by atoms with Gasteiger partial charge in [-0.15, -0.1) is 0 Å². The largest absolute Gasteiger partial charge is 0.496 e. The summed E-state index contributed by atoms with van der Waals surface area (Å²) in [6, 6.07) is 19.3. The number of benzene rings is 3. The van der Waals surface area contributed by atoms with Crippen molar-refractivity contribution in [2.24, 2.45) is 4.99 Å². The van der Waals surface area contributed by atoms with Crippen molar-refractivity contribution in [3.63, 3.8) is 0 Å². The summed E-state index contributed by atoms with van der Waals surface area (Å²) in [6.45, 7) is 4.35. The van der Waals surface area contributed by atoms with Crippen LogP contribution in [0.15, 0.2) is 70.5 Å². The Hall–Kier alpha value is -4.26. The molecule has 1 amide bonds. The Balaban J connectivity index is 1.67. The lowest BCUT2D eigenvalue weighted by Gasteiger charge is -2.23. The fourth-order valence-electron chi connectivity index (χ4n) is 5.27. The third-order valence-corrected chi connectivity index (χ3v) is 6.78. The van der Waals surface area contributed by atoms with E-state index in [0.29, 0.717) is 34.7 Å². The monoisotopic (exact) mass is 464 g/mol. The van der Waals surface area contributed by atoms with Gasteiger partial charge in [0.1, 0.15) is 17.0 Å². The molecule has 174 valence electrons. The molecule has 0 radical (unpaired) electrons. The van der Waals surface area contributed by atoms with Gasteiger partial charge in [0.25, 0.3) is 11.5 Å². The normalized spacial score (nSPS) is 16.8. The molecule has 1 unspecified atom stereocenters. The van der Waals surface area contributed by atoms with Crippen LogP contribution >= 0.6 is 0 Å². The molecule has 35 heavy (non-hydrogen) atoms. The average Bonchev–Trinajstić information content (AvgIpc) is 3.24. The maximum Gasteiger partial charge on any atom is 0.272 e. The molecule has 0 saturated heterocycles. The summed E-state index contributed by atoms with van der Waals surface area (Å²) in [5, 5.41) is 0.338. The van der Waals surface area contributed by atoms with E-state index in [1.165, 1.54) is 11.7 Å². The molecule has 0 aliphatic carbocycles. The number of nitrogens with zero attached hydrogens (tertiary/aromatic N) is 4. The van der Waals surface area contributed by atoms with Crippen molar-refractivity contribution < 1.29 is 9.53 Å². The third-order valence-electron chi connectivity index (χ3n) is 6.78. The van der Waals surface area contributed by atoms with Crippen molar-refractivity contribution in [3.05, 3.63) is 99.1 Å². The molecule has 0 spiro atoms. The highest BCUT2D eigenvalue weighted by Crippen LogP contribution is 2.39. The zero-order valence-corrected chi connectivity index (χ0v) is 19.8. The van der Waals surface area contributed by atoms with Gasteiger partial charge in [0.2, 0.25) is 6.17 Å². The van der Waals surface area contributed by atoms with Crippen molar-refractivity contribution in [3.8, 4) is 5.75 Å². The fourth-order valence-corrected chi connectivity index (χ4v) is 5.27. The number of anilines is 1. The van der Waals surface area contributed by atoms with E-state index in [2.05, 4.69) is 24.0 Å². The minimum absolute atomic E-state index is 0.235. The van der Waals surface area contributed by atoms with Crippen LogP contribution in [0.1, 0.15) is 34.2 Å².